The van der Waals surface area contributed by atoms with E-state index in [-0.39, 0.29) is 25.4 Å². The van der Waals surface area contributed by atoms with E-state index in [9.17, 15) is 9.59 Å². The Hall–Kier alpha value is -4.00. The molecule has 2 aromatic carbocycles. The van der Waals surface area contributed by atoms with Gasteiger partial charge in [0, 0.05) is 7.11 Å². The molecule has 196 valence electrons. The van der Waals surface area contributed by atoms with Crippen LogP contribution in [0.25, 0.3) is 6.08 Å². The Labute approximate surface area is 224 Å². The third kappa shape index (κ3) is 5.77. The first-order valence-corrected chi connectivity index (χ1v) is 13.0. The number of carbonyl (C=O) groups excluding carboxylic acids is 1. The molecule has 8 nitrogen and oxygen atoms in total. The highest BCUT2D eigenvalue weighted by Gasteiger charge is 2.33. The van der Waals surface area contributed by atoms with Gasteiger partial charge in [-0.15, -0.1) is 0 Å². The molecule has 1 aromatic heterocycles. The smallest absolute Gasteiger partial charge is 0.338 e. The second-order valence-electron chi connectivity index (χ2n) is 9.05. The maximum absolute atomic E-state index is 13.8. The summed E-state index contributed by atoms with van der Waals surface area (Å²) in [5.41, 5.74) is 3.27. The van der Waals surface area contributed by atoms with Gasteiger partial charge in [0.25, 0.3) is 5.56 Å². The molecule has 0 aliphatic carbocycles. The predicted octanol–water partition coefficient (Wildman–Crippen LogP) is 3.45. The summed E-state index contributed by atoms with van der Waals surface area (Å²) in [6.07, 6.45) is 1.76. The van der Waals surface area contributed by atoms with Crippen molar-refractivity contribution < 1.29 is 19.0 Å². The number of hydrogen-bond donors (Lipinski definition) is 0. The molecule has 1 atom stereocenters. The van der Waals surface area contributed by atoms with E-state index in [0.29, 0.717) is 32.3 Å². The van der Waals surface area contributed by atoms with Gasteiger partial charge in [0.2, 0.25) is 0 Å². The Morgan fingerprint density at radius 2 is 1.97 bits per heavy atom. The second-order valence-corrected chi connectivity index (χ2v) is 10.1. The van der Waals surface area contributed by atoms with Gasteiger partial charge in [-0.1, -0.05) is 61.6 Å². The molecule has 1 aliphatic heterocycles. The quantitative estimate of drug-likeness (QED) is 0.310. The molecule has 4 rings (SSSR count). The number of aromatic nitrogens is 1. The highest BCUT2D eigenvalue weighted by Crippen LogP contribution is 2.31. The predicted molar refractivity (Wildman–Crippen MR) is 145 cm³/mol. The van der Waals surface area contributed by atoms with Gasteiger partial charge in [-0.05, 0) is 47.7 Å². The number of nitriles is 1. The molecule has 0 spiro atoms. The fraction of sp³-hybridized carbons (Fsp3) is 0.310. The highest BCUT2D eigenvalue weighted by molar-refractivity contribution is 7.07. The lowest BCUT2D eigenvalue weighted by molar-refractivity contribution is -0.140. The van der Waals surface area contributed by atoms with Crippen LogP contribution in [0.2, 0.25) is 0 Å². The van der Waals surface area contributed by atoms with Crippen molar-refractivity contribution in [2.45, 2.75) is 32.7 Å². The van der Waals surface area contributed by atoms with Gasteiger partial charge in [0.05, 0.1) is 28.5 Å². The van der Waals surface area contributed by atoms with E-state index < -0.39 is 12.0 Å². The summed E-state index contributed by atoms with van der Waals surface area (Å²) >= 11 is 1.25. The van der Waals surface area contributed by atoms with Gasteiger partial charge in [-0.3, -0.25) is 9.36 Å². The summed E-state index contributed by atoms with van der Waals surface area (Å²) in [4.78, 5) is 32.1. The number of carbonyl (C=O) groups is 1. The minimum absolute atomic E-state index is 0.0657. The summed E-state index contributed by atoms with van der Waals surface area (Å²) in [5, 5.41) is 8.79. The summed E-state index contributed by atoms with van der Waals surface area (Å²) in [6.45, 7) is 6.28. The van der Waals surface area contributed by atoms with Crippen molar-refractivity contribution in [3.05, 3.63) is 96.2 Å². The van der Waals surface area contributed by atoms with Gasteiger partial charge in [-0.2, -0.15) is 5.26 Å². The molecule has 0 bridgehead atoms. The van der Waals surface area contributed by atoms with E-state index in [2.05, 4.69) is 18.8 Å². The fourth-order valence-corrected chi connectivity index (χ4v) is 5.26. The number of nitrogens with zero attached hydrogens (tertiary/aromatic N) is 3. The van der Waals surface area contributed by atoms with Crippen molar-refractivity contribution in [1.29, 1.82) is 5.26 Å². The first kappa shape index (κ1) is 27.0. The van der Waals surface area contributed by atoms with Gasteiger partial charge in [0.1, 0.15) is 18.4 Å². The highest BCUT2D eigenvalue weighted by atomic mass is 32.1. The molecule has 2 heterocycles. The van der Waals surface area contributed by atoms with Crippen LogP contribution in [-0.4, -0.2) is 37.5 Å². The summed E-state index contributed by atoms with van der Waals surface area (Å²) in [5.74, 6) is 0.348. The van der Waals surface area contributed by atoms with Gasteiger partial charge in [-0.25, -0.2) is 9.79 Å². The van der Waals surface area contributed by atoms with Crippen molar-refractivity contribution in [1.82, 2.24) is 4.57 Å². The molecule has 38 heavy (non-hydrogen) atoms. The largest absolute Gasteiger partial charge is 0.479 e. The number of thiazole rings is 1. The van der Waals surface area contributed by atoms with Gasteiger partial charge >= 0.3 is 5.97 Å². The van der Waals surface area contributed by atoms with Crippen LogP contribution in [-0.2, 0) is 14.3 Å². The van der Waals surface area contributed by atoms with Crippen molar-refractivity contribution >= 4 is 23.4 Å². The lowest BCUT2D eigenvalue weighted by Crippen LogP contribution is -2.40. The third-order valence-electron chi connectivity index (χ3n) is 6.14. The van der Waals surface area contributed by atoms with E-state index in [1.165, 1.54) is 18.4 Å². The molecule has 0 saturated carbocycles. The zero-order valence-electron chi connectivity index (χ0n) is 21.8. The normalized spacial score (nSPS) is 15.2. The number of rotatable bonds is 9. The Morgan fingerprint density at radius 3 is 2.66 bits per heavy atom. The van der Waals surface area contributed by atoms with Crippen LogP contribution in [0.3, 0.4) is 0 Å². The van der Waals surface area contributed by atoms with Crippen molar-refractivity contribution in [2.24, 2.45) is 4.99 Å². The van der Waals surface area contributed by atoms with E-state index in [0.717, 1.165) is 16.7 Å². The summed E-state index contributed by atoms with van der Waals surface area (Å²) < 4.78 is 17.9. The van der Waals surface area contributed by atoms with Crippen LogP contribution in [0.1, 0.15) is 49.4 Å². The Kier molecular flexibility index (Phi) is 8.56. The molecule has 0 fully saturated rings. The van der Waals surface area contributed by atoms with Crippen LogP contribution >= 0.6 is 11.3 Å². The SMILES string of the molecule is COCCOC(=O)C1=C(C)N=c2sc(=Cc3cccc(OCC#N)c3)c(=O)n2C1c1ccc(C(C)C)cc1. The zero-order chi connectivity index (χ0) is 27.2. The maximum atomic E-state index is 13.8. The van der Waals surface area contributed by atoms with E-state index >= 15 is 0 Å². The Morgan fingerprint density at radius 1 is 1.21 bits per heavy atom. The van der Waals surface area contributed by atoms with Gasteiger partial charge < -0.3 is 14.2 Å². The Bertz CT molecular complexity index is 1580. The van der Waals surface area contributed by atoms with Crippen LogP contribution in [0, 0.1) is 11.3 Å². The average molecular weight is 532 g/mol. The van der Waals surface area contributed by atoms with Crippen LogP contribution in [0.15, 0.2) is 69.6 Å². The molecule has 0 N–H and O–H groups in total. The number of fused-ring (bicyclic) bond motifs is 1. The molecule has 3 aromatic rings. The maximum Gasteiger partial charge on any atom is 0.338 e. The van der Waals surface area contributed by atoms with E-state index in [1.54, 1.807) is 35.8 Å². The Balaban J connectivity index is 1.84. The van der Waals surface area contributed by atoms with Crippen LogP contribution in [0.5, 0.6) is 5.75 Å². The molecule has 1 unspecified atom stereocenters. The minimum atomic E-state index is -0.685. The molecule has 0 radical (unpaired) electrons. The standard InChI is InChI=1S/C29H29N3O5S/c1-18(2)21-8-10-22(11-9-21)26-25(28(34)37-15-14-35-4)19(3)31-29-32(26)27(33)24(38-29)17-20-6-5-7-23(16-20)36-13-12-30/h5-11,16-18,26H,13-15H2,1-4H3. The van der Waals surface area contributed by atoms with E-state index in [4.69, 9.17) is 19.5 Å². The summed E-state index contributed by atoms with van der Waals surface area (Å²) in [6, 6.07) is 16.4. The fourth-order valence-electron chi connectivity index (χ4n) is 4.22. The number of benzene rings is 2. The molecular weight excluding hydrogens is 502 g/mol. The van der Waals surface area contributed by atoms with Crippen molar-refractivity contribution in [3.8, 4) is 11.8 Å². The monoisotopic (exact) mass is 531 g/mol. The second kappa shape index (κ2) is 12.0. The topological polar surface area (TPSA) is 103 Å². The number of esters is 1. The van der Waals surface area contributed by atoms with Crippen molar-refractivity contribution in [2.75, 3.05) is 26.9 Å². The van der Waals surface area contributed by atoms with Gasteiger partial charge in [0.15, 0.2) is 11.4 Å². The summed E-state index contributed by atoms with van der Waals surface area (Å²) in [7, 11) is 1.54. The number of allylic oxidation sites excluding steroid dienone is 1. The lowest BCUT2D eigenvalue weighted by Gasteiger charge is -2.25. The first-order valence-electron chi connectivity index (χ1n) is 12.2. The zero-order valence-corrected chi connectivity index (χ0v) is 22.6. The average Bonchev–Trinajstić information content (AvgIpc) is 3.21. The lowest BCUT2D eigenvalue weighted by atomic mass is 9.93. The molecular formula is C29H29N3O5S. The number of ether oxygens (including phenoxy) is 3. The number of methoxy groups -OCH3 is 1. The van der Waals surface area contributed by atoms with E-state index in [1.807, 2.05) is 36.4 Å². The van der Waals surface area contributed by atoms with Crippen LogP contribution < -0.4 is 19.6 Å². The molecule has 9 heteroatoms. The van der Waals surface area contributed by atoms with Crippen molar-refractivity contribution in [3.63, 3.8) is 0 Å². The molecule has 0 saturated heterocycles. The number of hydrogen-bond acceptors (Lipinski definition) is 8. The van der Waals surface area contributed by atoms with Crippen LogP contribution in [0.4, 0.5) is 0 Å². The molecule has 0 amide bonds. The minimum Gasteiger partial charge on any atom is -0.479 e. The molecule has 1 aliphatic rings. The first-order chi connectivity index (χ1) is 18.3. The third-order valence-corrected chi connectivity index (χ3v) is 7.12.